The molecular formula is C19H30N4OS2. The summed E-state index contributed by atoms with van der Waals surface area (Å²) in [6.45, 7) is 4.20. The first kappa shape index (κ1) is 18.7. The van der Waals surface area contributed by atoms with Crippen molar-refractivity contribution in [2.24, 2.45) is 5.41 Å². The summed E-state index contributed by atoms with van der Waals surface area (Å²) >= 11 is 4.25. The molecule has 4 rings (SSSR count). The third-order valence-corrected chi connectivity index (χ3v) is 8.64. The van der Waals surface area contributed by atoms with Crippen molar-refractivity contribution in [2.45, 2.75) is 38.1 Å². The molecule has 144 valence electrons. The van der Waals surface area contributed by atoms with Crippen molar-refractivity contribution in [1.82, 2.24) is 19.8 Å². The van der Waals surface area contributed by atoms with Gasteiger partial charge in [-0.2, -0.15) is 23.5 Å². The number of hydrogen-bond donors (Lipinski definition) is 1. The van der Waals surface area contributed by atoms with Crippen molar-refractivity contribution in [1.29, 1.82) is 0 Å². The summed E-state index contributed by atoms with van der Waals surface area (Å²) in [6.07, 6.45) is 8.84. The van der Waals surface area contributed by atoms with Gasteiger partial charge in [0.15, 0.2) is 0 Å². The smallest absolute Gasteiger partial charge is 0.222 e. The fourth-order valence-electron chi connectivity index (χ4n) is 4.69. The first-order valence-corrected chi connectivity index (χ1v) is 12.2. The number of hydrogen-bond acceptors (Lipinski definition) is 5. The van der Waals surface area contributed by atoms with Crippen LogP contribution in [0.4, 0.5) is 0 Å². The van der Waals surface area contributed by atoms with Crippen molar-refractivity contribution in [2.75, 3.05) is 49.2 Å². The SMILES string of the molecule is O=C1CCC2(CCCN(C3CSCCSC3)C2)CN1CCc1cnc[nH]1. The summed E-state index contributed by atoms with van der Waals surface area (Å²) in [7, 11) is 0. The highest BCUT2D eigenvalue weighted by molar-refractivity contribution is 8.03. The van der Waals surface area contributed by atoms with Gasteiger partial charge >= 0.3 is 0 Å². The molecule has 0 aliphatic carbocycles. The molecule has 1 amide bonds. The summed E-state index contributed by atoms with van der Waals surface area (Å²) < 4.78 is 0. The normalized spacial score (nSPS) is 29.2. The van der Waals surface area contributed by atoms with Crippen LogP contribution < -0.4 is 0 Å². The van der Waals surface area contributed by atoms with Gasteiger partial charge in [0, 0.05) is 78.8 Å². The molecular weight excluding hydrogens is 364 g/mol. The van der Waals surface area contributed by atoms with E-state index in [0.717, 1.165) is 44.1 Å². The highest BCUT2D eigenvalue weighted by Gasteiger charge is 2.42. The highest BCUT2D eigenvalue weighted by atomic mass is 32.2. The minimum Gasteiger partial charge on any atom is -0.348 e. The molecule has 1 aromatic heterocycles. The van der Waals surface area contributed by atoms with Crippen LogP contribution in [0.25, 0.3) is 0 Å². The Morgan fingerprint density at radius 2 is 2.08 bits per heavy atom. The first-order valence-electron chi connectivity index (χ1n) is 9.89. The molecule has 1 spiro atoms. The lowest BCUT2D eigenvalue weighted by Crippen LogP contribution is -2.56. The Balaban J connectivity index is 1.38. The average molecular weight is 395 g/mol. The van der Waals surface area contributed by atoms with E-state index >= 15 is 0 Å². The highest BCUT2D eigenvalue weighted by Crippen LogP contribution is 2.40. The van der Waals surface area contributed by atoms with E-state index in [1.807, 2.05) is 6.20 Å². The van der Waals surface area contributed by atoms with Gasteiger partial charge in [0.1, 0.15) is 0 Å². The average Bonchev–Trinajstić information content (AvgIpc) is 3.03. The number of H-pyrrole nitrogens is 1. The number of imidazole rings is 1. The zero-order chi connectivity index (χ0) is 17.8. The van der Waals surface area contributed by atoms with Crippen LogP contribution in [0.1, 0.15) is 31.4 Å². The number of aromatic amines is 1. The molecule has 0 bridgehead atoms. The lowest BCUT2D eigenvalue weighted by molar-refractivity contribution is -0.139. The van der Waals surface area contributed by atoms with E-state index < -0.39 is 0 Å². The zero-order valence-electron chi connectivity index (χ0n) is 15.5. The molecule has 7 heteroatoms. The Kier molecular flexibility index (Phi) is 6.16. The third-order valence-electron chi connectivity index (χ3n) is 6.15. The summed E-state index contributed by atoms with van der Waals surface area (Å²) in [5.74, 6) is 5.51. The minimum absolute atomic E-state index is 0.321. The molecule has 3 saturated heterocycles. The number of amides is 1. The maximum Gasteiger partial charge on any atom is 0.222 e. The van der Waals surface area contributed by atoms with Gasteiger partial charge in [-0.3, -0.25) is 9.69 Å². The van der Waals surface area contributed by atoms with Crippen molar-refractivity contribution < 1.29 is 4.79 Å². The van der Waals surface area contributed by atoms with Gasteiger partial charge in [-0.1, -0.05) is 0 Å². The zero-order valence-corrected chi connectivity index (χ0v) is 17.1. The van der Waals surface area contributed by atoms with Crippen LogP contribution in [0.2, 0.25) is 0 Å². The molecule has 1 aromatic rings. The van der Waals surface area contributed by atoms with Gasteiger partial charge in [-0.25, -0.2) is 4.98 Å². The number of thioether (sulfide) groups is 2. The topological polar surface area (TPSA) is 52.2 Å². The van der Waals surface area contributed by atoms with E-state index in [-0.39, 0.29) is 0 Å². The summed E-state index contributed by atoms with van der Waals surface area (Å²) in [6, 6.07) is 0.723. The minimum atomic E-state index is 0.321. The maximum atomic E-state index is 12.5. The Labute approximate surface area is 165 Å². The van der Waals surface area contributed by atoms with Gasteiger partial charge in [0.05, 0.1) is 6.33 Å². The Hall–Kier alpha value is -0.660. The molecule has 5 nitrogen and oxygen atoms in total. The van der Waals surface area contributed by atoms with Gasteiger partial charge in [-0.15, -0.1) is 0 Å². The predicted octanol–water partition coefficient (Wildman–Crippen LogP) is 2.51. The second-order valence-electron chi connectivity index (χ2n) is 8.02. The van der Waals surface area contributed by atoms with Crippen LogP contribution in [0.5, 0.6) is 0 Å². The standard InChI is InChI=1S/C19H30N4OS2/c24-18-2-5-19(14-23(18)7-3-16-10-20-15-21-16)4-1-6-22(13-19)17-11-25-8-9-26-12-17/h10,15,17H,1-9,11-14H2,(H,20,21). The number of nitrogens with zero attached hydrogens (tertiary/aromatic N) is 3. The molecule has 1 atom stereocenters. The first-order chi connectivity index (χ1) is 12.7. The van der Waals surface area contributed by atoms with E-state index in [9.17, 15) is 4.79 Å². The Bertz CT molecular complexity index is 588. The van der Waals surface area contributed by atoms with Crippen LogP contribution in [0.15, 0.2) is 12.5 Å². The molecule has 0 radical (unpaired) electrons. The van der Waals surface area contributed by atoms with Crippen molar-refractivity contribution in [3.8, 4) is 0 Å². The van der Waals surface area contributed by atoms with Crippen LogP contribution >= 0.6 is 23.5 Å². The number of piperidine rings is 2. The third kappa shape index (κ3) is 4.42. The number of carbonyl (C=O) groups is 1. The van der Waals surface area contributed by atoms with Gasteiger partial charge in [-0.05, 0) is 25.8 Å². The van der Waals surface area contributed by atoms with Crippen molar-refractivity contribution in [3.05, 3.63) is 18.2 Å². The lowest BCUT2D eigenvalue weighted by Gasteiger charge is -2.50. The van der Waals surface area contributed by atoms with Gasteiger partial charge in [0.25, 0.3) is 0 Å². The molecule has 3 aliphatic heterocycles. The van der Waals surface area contributed by atoms with E-state index in [4.69, 9.17) is 0 Å². The van der Waals surface area contributed by atoms with Crippen molar-refractivity contribution >= 4 is 29.4 Å². The molecule has 1 unspecified atom stereocenters. The number of aromatic nitrogens is 2. The second-order valence-corrected chi connectivity index (χ2v) is 10.3. The number of rotatable bonds is 4. The molecule has 4 heterocycles. The molecule has 26 heavy (non-hydrogen) atoms. The number of likely N-dealkylation sites (tertiary alicyclic amines) is 2. The maximum absolute atomic E-state index is 12.5. The molecule has 1 N–H and O–H groups in total. The van der Waals surface area contributed by atoms with Gasteiger partial charge in [0.2, 0.25) is 5.91 Å². The van der Waals surface area contributed by atoms with Crippen molar-refractivity contribution in [3.63, 3.8) is 0 Å². The van der Waals surface area contributed by atoms with E-state index in [1.165, 1.54) is 48.9 Å². The van der Waals surface area contributed by atoms with Crippen LogP contribution in [-0.2, 0) is 11.2 Å². The Morgan fingerprint density at radius 1 is 1.23 bits per heavy atom. The molecule has 0 saturated carbocycles. The van der Waals surface area contributed by atoms with E-state index in [2.05, 4.69) is 43.3 Å². The fourth-order valence-corrected chi connectivity index (χ4v) is 7.32. The second kappa shape index (κ2) is 8.57. The molecule has 3 fully saturated rings. The fraction of sp³-hybridized carbons (Fsp3) is 0.789. The van der Waals surface area contributed by atoms with Crippen LogP contribution in [0.3, 0.4) is 0 Å². The van der Waals surface area contributed by atoms with E-state index in [1.54, 1.807) is 6.33 Å². The number of carbonyl (C=O) groups excluding carboxylic acids is 1. The van der Waals surface area contributed by atoms with E-state index in [0.29, 0.717) is 11.3 Å². The molecule has 0 aromatic carbocycles. The lowest BCUT2D eigenvalue weighted by atomic mass is 9.73. The van der Waals surface area contributed by atoms with Crippen LogP contribution in [0, 0.1) is 5.41 Å². The summed E-state index contributed by atoms with van der Waals surface area (Å²) in [5.41, 5.74) is 1.44. The quantitative estimate of drug-likeness (QED) is 0.850. The summed E-state index contributed by atoms with van der Waals surface area (Å²) in [4.78, 5) is 24.6. The monoisotopic (exact) mass is 394 g/mol. The number of nitrogens with one attached hydrogen (secondary N) is 1. The van der Waals surface area contributed by atoms with Crippen LogP contribution in [-0.4, -0.2) is 80.9 Å². The largest absolute Gasteiger partial charge is 0.348 e. The summed E-state index contributed by atoms with van der Waals surface area (Å²) in [5, 5.41) is 0. The predicted molar refractivity (Wildman–Crippen MR) is 110 cm³/mol. The Morgan fingerprint density at radius 3 is 2.85 bits per heavy atom. The van der Waals surface area contributed by atoms with Gasteiger partial charge < -0.3 is 9.88 Å². The molecule has 3 aliphatic rings.